The zero-order chi connectivity index (χ0) is 11.7. The van der Waals surface area contributed by atoms with Gasteiger partial charge in [0.2, 0.25) is 5.95 Å². The van der Waals surface area contributed by atoms with E-state index >= 15 is 0 Å². The molecule has 2 aliphatic heterocycles. The lowest BCUT2D eigenvalue weighted by molar-refractivity contribution is 0.108. The van der Waals surface area contributed by atoms with Crippen molar-refractivity contribution in [2.45, 2.75) is 32.3 Å². The number of rotatable bonds is 1. The molecule has 0 atom stereocenters. The van der Waals surface area contributed by atoms with Crippen LogP contribution in [0.1, 0.15) is 30.5 Å². The van der Waals surface area contributed by atoms with Gasteiger partial charge in [-0.15, -0.1) is 0 Å². The molecule has 1 N–H and O–H groups in total. The van der Waals surface area contributed by atoms with Crippen LogP contribution in [0.25, 0.3) is 0 Å². The summed E-state index contributed by atoms with van der Waals surface area (Å²) in [7, 11) is 0. The first-order valence-electron chi connectivity index (χ1n) is 6.29. The Morgan fingerprint density at radius 3 is 2.88 bits per heavy atom. The fourth-order valence-corrected chi connectivity index (χ4v) is 2.49. The maximum absolute atomic E-state index is 11.9. The Morgan fingerprint density at radius 2 is 2.06 bits per heavy atom. The van der Waals surface area contributed by atoms with Crippen molar-refractivity contribution in [2.75, 3.05) is 24.6 Å². The second-order valence-electron chi connectivity index (χ2n) is 4.67. The Hall–Kier alpha value is -1.36. The van der Waals surface area contributed by atoms with Gasteiger partial charge in [0.1, 0.15) is 0 Å². The topological polar surface area (TPSA) is 58.2 Å². The normalized spacial score (nSPS) is 20.1. The molecule has 92 valence electrons. The zero-order valence-corrected chi connectivity index (χ0v) is 9.87. The number of nitrogens with zero attached hydrogens (tertiary/aromatic N) is 2. The molecule has 0 bridgehead atoms. The summed E-state index contributed by atoms with van der Waals surface area (Å²) in [5.41, 5.74) is 1.59. The summed E-state index contributed by atoms with van der Waals surface area (Å²) in [6.45, 7) is 3.07. The smallest absolute Gasteiger partial charge is 0.258 e. The molecule has 0 amide bonds. The van der Waals surface area contributed by atoms with Gasteiger partial charge in [0, 0.05) is 19.5 Å². The first-order valence-corrected chi connectivity index (χ1v) is 6.29. The molecular formula is C12H17N3O2. The molecule has 3 rings (SSSR count). The summed E-state index contributed by atoms with van der Waals surface area (Å²) in [5.74, 6) is 0.746. The number of H-pyrrole nitrogens is 1. The van der Waals surface area contributed by atoms with Crippen LogP contribution in [0.4, 0.5) is 5.95 Å². The van der Waals surface area contributed by atoms with Gasteiger partial charge in [-0.3, -0.25) is 9.78 Å². The van der Waals surface area contributed by atoms with E-state index < -0.39 is 0 Å². The molecule has 0 saturated carbocycles. The van der Waals surface area contributed by atoms with Gasteiger partial charge >= 0.3 is 0 Å². The van der Waals surface area contributed by atoms with Crippen molar-refractivity contribution < 1.29 is 4.74 Å². The summed E-state index contributed by atoms with van der Waals surface area (Å²) in [6, 6.07) is 0. The average molecular weight is 235 g/mol. The summed E-state index contributed by atoms with van der Waals surface area (Å²) in [4.78, 5) is 21.6. The quantitative estimate of drug-likeness (QED) is 0.783. The second kappa shape index (κ2) is 4.49. The van der Waals surface area contributed by atoms with E-state index in [1.807, 2.05) is 0 Å². The van der Waals surface area contributed by atoms with E-state index in [0.29, 0.717) is 18.8 Å². The van der Waals surface area contributed by atoms with Gasteiger partial charge in [-0.05, 0) is 19.3 Å². The highest BCUT2D eigenvalue weighted by molar-refractivity contribution is 5.34. The highest BCUT2D eigenvalue weighted by atomic mass is 16.5. The Balaban J connectivity index is 1.95. The number of aromatic amines is 1. The third kappa shape index (κ3) is 2.07. The van der Waals surface area contributed by atoms with Crippen molar-refractivity contribution in [3.8, 4) is 0 Å². The van der Waals surface area contributed by atoms with E-state index in [1.54, 1.807) is 0 Å². The molecule has 1 saturated heterocycles. The highest BCUT2D eigenvalue weighted by Crippen LogP contribution is 2.17. The van der Waals surface area contributed by atoms with E-state index in [4.69, 9.17) is 4.74 Å². The molecule has 1 aromatic rings. The van der Waals surface area contributed by atoms with Gasteiger partial charge < -0.3 is 9.64 Å². The SMILES string of the molecule is O=c1[nH]c(N2CCCCC2)nc2c1COCC2. The number of nitrogens with one attached hydrogen (secondary N) is 1. The first kappa shape index (κ1) is 10.8. The molecule has 0 unspecified atom stereocenters. The predicted molar refractivity (Wildman–Crippen MR) is 64.3 cm³/mol. The van der Waals surface area contributed by atoms with Gasteiger partial charge in [0.15, 0.2) is 0 Å². The molecule has 0 aliphatic carbocycles. The lowest BCUT2D eigenvalue weighted by atomic mass is 10.1. The molecular weight excluding hydrogens is 218 g/mol. The molecule has 17 heavy (non-hydrogen) atoms. The van der Waals surface area contributed by atoms with E-state index in [1.165, 1.54) is 19.3 Å². The van der Waals surface area contributed by atoms with Gasteiger partial charge in [-0.2, -0.15) is 0 Å². The number of piperidine rings is 1. The van der Waals surface area contributed by atoms with Crippen molar-refractivity contribution in [3.63, 3.8) is 0 Å². The molecule has 2 aliphatic rings. The number of aromatic nitrogens is 2. The summed E-state index contributed by atoms with van der Waals surface area (Å²) >= 11 is 0. The molecule has 3 heterocycles. The third-order valence-electron chi connectivity index (χ3n) is 3.47. The van der Waals surface area contributed by atoms with Crippen molar-refractivity contribution in [3.05, 3.63) is 21.6 Å². The number of ether oxygens (including phenoxy) is 1. The first-order chi connectivity index (χ1) is 8.34. The molecule has 5 nitrogen and oxygen atoms in total. The van der Waals surface area contributed by atoms with Gasteiger partial charge in [-0.25, -0.2) is 4.98 Å². The van der Waals surface area contributed by atoms with Crippen molar-refractivity contribution in [1.29, 1.82) is 0 Å². The van der Waals surface area contributed by atoms with E-state index in [-0.39, 0.29) is 5.56 Å². The third-order valence-corrected chi connectivity index (χ3v) is 3.47. The predicted octanol–water partition coefficient (Wildman–Crippen LogP) is 0.833. The lowest BCUT2D eigenvalue weighted by Gasteiger charge is -2.28. The van der Waals surface area contributed by atoms with Gasteiger partial charge in [0.05, 0.1) is 24.5 Å². The van der Waals surface area contributed by atoms with E-state index in [2.05, 4.69) is 14.9 Å². The molecule has 0 radical (unpaired) electrons. The van der Waals surface area contributed by atoms with Crippen LogP contribution in [-0.4, -0.2) is 29.7 Å². The summed E-state index contributed by atoms with van der Waals surface area (Å²) in [6.07, 6.45) is 4.40. The molecule has 1 fully saturated rings. The summed E-state index contributed by atoms with van der Waals surface area (Å²) in [5, 5.41) is 0. The van der Waals surface area contributed by atoms with E-state index in [0.717, 1.165) is 31.2 Å². The minimum absolute atomic E-state index is 0.0322. The molecule has 1 aromatic heterocycles. The van der Waals surface area contributed by atoms with Crippen molar-refractivity contribution in [2.24, 2.45) is 0 Å². The van der Waals surface area contributed by atoms with Crippen LogP contribution in [0.2, 0.25) is 0 Å². The largest absolute Gasteiger partial charge is 0.376 e. The highest BCUT2D eigenvalue weighted by Gasteiger charge is 2.19. The van der Waals surface area contributed by atoms with Crippen LogP contribution >= 0.6 is 0 Å². The van der Waals surface area contributed by atoms with Crippen LogP contribution in [0.3, 0.4) is 0 Å². The van der Waals surface area contributed by atoms with Gasteiger partial charge in [-0.1, -0.05) is 0 Å². The Labute approximate surface area is 99.8 Å². The van der Waals surface area contributed by atoms with Gasteiger partial charge in [0.25, 0.3) is 5.56 Å². The Morgan fingerprint density at radius 1 is 1.24 bits per heavy atom. The lowest BCUT2D eigenvalue weighted by Crippen LogP contribution is -2.34. The number of fused-ring (bicyclic) bond motifs is 1. The average Bonchev–Trinajstić information content (AvgIpc) is 2.40. The number of anilines is 1. The summed E-state index contributed by atoms with van der Waals surface area (Å²) < 4.78 is 5.29. The Kier molecular flexibility index (Phi) is 2.84. The van der Waals surface area contributed by atoms with Crippen molar-refractivity contribution >= 4 is 5.95 Å². The van der Waals surface area contributed by atoms with Crippen LogP contribution in [-0.2, 0) is 17.8 Å². The number of hydrogen-bond acceptors (Lipinski definition) is 4. The minimum Gasteiger partial charge on any atom is -0.376 e. The fourth-order valence-electron chi connectivity index (χ4n) is 2.49. The monoisotopic (exact) mass is 235 g/mol. The van der Waals surface area contributed by atoms with Crippen LogP contribution < -0.4 is 10.5 Å². The number of hydrogen-bond donors (Lipinski definition) is 1. The van der Waals surface area contributed by atoms with Crippen molar-refractivity contribution in [1.82, 2.24) is 9.97 Å². The zero-order valence-electron chi connectivity index (χ0n) is 9.87. The molecule has 5 heteroatoms. The molecule has 0 spiro atoms. The fraction of sp³-hybridized carbons (Fsp3) is 0.667. The maximum atomic E-state index is 11.9. The molecule has 0 aromatic carbocycles. The van der Waals surface area contributed by atoms with Crippen LogP contribution in [0, 0.1) is 0 Å². The second-order valence-corrected chi connectivity index (χ2v) is 4.67. The van der Waals surface area contributed by atoms with E-state index in [9.17, 15) is 4.79 Å². The van der Waals surface area contributed by atoms with Crippen LogP contribution in [0.5, 0.6) is 0 Å². The minimum atomic E-state index is -0.0322. The standard InChI is InChI=1S/C12H17N3O2/c16-11-9-8-17-7-4-10(9)13-12(14-11)15-5-2-1-3-6-15/h1-8H2,(H,13,14,16). The van der Waals surface area contributed by atoms with Crippen LogP contribution in [0.15, 0.2) is 4.79 Å². The Bertz CT molecular complexity index is 463. The maximum Gasteiger partial charge on any atom is 0.258 e.